The lowest BCUT2D eigenvalue weighted by Gasteiger charge is -2.50. The van der Waals surface area contributed by atoms with Gasteiger partial charge >= 0.3 is 43.1 Å². The first-order valence-electron chi connectivity index (χ1n) is 18.7. The van der Waals surface area contributed by atoms with Crippen LogP contribution in [0.4, 0.5) is 0 Å². The summed E-state index contributed by atoms with van der Waals surface area (Å²) in [5.74, 6) is -5.80. The van der Waals surface area contributed by atoms with Crippen molar-refractivity contribution in [3.05, 3.63) is 0 Å². The van der Waals surface area contributed by atoms with Gasteiger partial charge < -0.3 is 84.3 Å². The number of aliphatic carboxylic acids is 2. The summed E-state index contributed by atoms with van der Waals surface area (Å²) in [6.45, 7) is 0.323. The number of carboxylic acid groups (broad SMARTS) is 2. The first-order valence-corrected chi connectivity index (χ1v) is 22.8. The van der Waals surface area contributed by atoms with Gasteiger partial charge in [0.1, 0.15) is 85.3 Å². The van der Waals surface area contributed by atoms with Gasteiger partial charge in [0.25, 0.3) is 0 Å². The molecule has 4 aliphatic rings. The summed E-state index contributed by atoms with van der Waals surface area (Å²) in [5.41, 5.74) is 0. The summed E-state index contributed by atoms with van der Waals surface area (Å²) in [6, 6.07) is -3.99. The Labute approximate surface area is 372 Å². The van der Waals surface area contributed by atoms with Crippen molar-refractivity contribution in [2.45, 2.75) is 143 Å². The van der Waals surface area contributed by atoms with Gasteiger partial charge in [0.05, 0.1) is 19.3 Å². The van der Waals surface area contributed by atoms with Crippen LogP contribution >= 0.6 is 0 Å². The Kier molecular flexibility index (Phi) is 18.7. The minimum absolute atomic E-state index is 0.856. The van der Waals surface area contributed by atoms with E-state index in [1.807, 2.05) is 0 Å². The maximum atomic E-state index is 12.7. The molecule has 0 radical (unpaired) electrons. The second kappa shape index (κ2) is 22.2. The number of carbonyl (C=O) groups is 4. The molecule has 0 aromatic heterocycles. The summed E-state index contributed by atoms with van der Waals surface area (Å²) in [4.78, 5) is 49.4. The molecule has 0 spiro atoms. The molecule has 33 nitrogen and oxygen atoms in total. The number of aliphatic hydroxyl groups excluding tert-OH is 5. The predicted molar refractivity (Wildman–Crippen MR) is 198 cm³/mol. The SMILES string of the molecule is CO[C@@H]1C(COS(=O)(=O)O)O[C@H](O[C@@H]2C(C(=O)O)O[C@@H](O[C@@H]3C(COS(=O)(=O)O)O[C@H](O[C@@H]4C(C(=O)O)O[C@@H](C)[C@@H](O)C4O)C(NC(C)=O)[C@H]3O)C(O)[C@H]2O)C(NC(C)=O)[C@H]1OS(=O)(=O)O. The number of hydrogen-bond donors (Lipinski definition) is 12. The van der Waals surface area contributed by atoms with Crippen LogP contribution in [-0.2, 0) is 101 Å². The minimum Gasteiger partial charge on any atom is -0.479 e. The highest BCUT2D eigenvalue weighted by atomic mass is 32.3. The van der Waals surface area contributed by atoms with Gasteiger partial charge in [0.2, 0.25) is 11.8 Å². The van der Waals surface area contributed by atoms with Crippen LogP contribution in [-0.4, -0.2) is 241 Å². The van der Waals surface area contributed by atoms with Crippen molar-refractivity contribution in [1.82, 2.24) is 10.6 Å². The van der Waals surface area contributed by atoms with E-state index in [0.717, 1.165) is 21.0 Å². The van der Waals surface area contributed by atoms with Crippen LogP contribution < -0.4 is 10.6 Å². The maximum Gasteiger partial charge on any atom is 0.397 e. The number of amides is 2. The van der Waals surface area contributed by atoms with Gasteiger partial charge in [-0.15, -0.1) is 0 Å². The van der Waals surface area contributed by atoms with Crippen LogP contribution in [0.15, 0.2) is 0 Å². The lowest BCUT2D eigenvalue weighted by Crippen LogP contribution is -2.70. The fourth-order valence-corrected chi connectivity index (χ4v) is 8.39. The van der Waals surface area contributed by atoms with E-state index in [0.29, 0.717) is 0 Å². The van der Waals surface area contributed by atoms with E-state index in [2.05, 4.69) is 23.2 Å². The van der Waals surface area contributed by atoms with Gasteiger partial charge in [-0.2, -0.15) is 25.3 Å². The van der Waals surface area contributed by atoms with E-state index in [1.54, 1.807) is 0 Å². The molecule has 0 saturated carbocycles. The molecule has 4 rings (SSSR count). The van der Waals surface area contributed by atoms with Gasteiger partial charge in [-0.1, -0.05) is 0 Å². The lowest BCUT2D eigenvalue weighted by molar-refractivity contribution is -0.367. The largest absolute Gasteiger partial charge is 0.479 e. The second-order valence-corrected chi connectivity index (χ2v) is 18.0. The van der Waals surface area contributed by atoms with E-state index in [1.165, 1.54) is 6.92 Å². The van der Waals surface area contributed by atoms with Crippen molar-refractivity contribution in [2.75, 3.05) is 20.3 Å². The molecular formula is C30H48N2O31S3. The molecule has 0 bridgehead atoms. The second-order valence-electron chi connectivity index (χ2n) is 14.8. The number of ether oxygens (including phenoxy) is 8. The smallest absolute Gasteiger partial charge is 0.397 e. The van der Waals surface area contributed by atoms with E-state index < -0.39 is 191 Å². The Morgan fingerprint density at radius 3 is 1.39 bits per heavy atom. The maximum absolute atomic E-state index is 12.7. The zero-order chi connectivity index (χ0) is 50.0. The van der Waals surface area contributed by atoms with Crippen LogP contribution in [0.1, 0.15) is 20.8 Å². The van der Waals surface area contributed by atoms with Crippen LogP contribution in [0.5, 0.6) is 0 Å². The zero-order valence-corrected chi connectivity index (χ0v) is 36.7. The Morgan fingerprint density at radius 1 is 0.530 bits per heavy atom. The van der Waals surface area contributed by atoms with E-state index in [9.17, 15) is 89.3 Å². The molecule has 4 saturated heterocycles. The normalized spacial score (nSPS) is 40.2. The Bertz CT molecular complexity index is 2060. The first kappa shape index (κ1) is 55.6. The molecule has 12 N–H and O–H groups in total. The van der Waals surface area contributed by atoms with Crippen LogP contribution in [0.25, 0.3) is 0 Å². The Balaban J connectivity index is 1.70. The monoisotopic (exact) mass is 1030 g/mol. The van der Waals surface area contributed by atoms with Crippen LogP contribution in [0.2, 0.25) is 0 Å². The first-order chi connectivity index (χ1) is 30.3. The quantitative estimate of drug-likeness (QED) is 0.0535. The van der Waals surface area contributed by atoms with Gasteiger partial charge in [-0.05, 0) is 6.92 Å². The Hall–Kier alpha value is -3.03. The third-order valence-electron chi connectivity index (χ3n) is 10.1. The number of carbonyl (C=O) groups excluding carboxylic acids is 2. The molecule has 20 atom stereocenters. The number of hydrogen-bond acceptors (Lipinski definition) is 26. The molecule has 8 unspecified atom stereocenters. The summed E-state index contributed by atoms with van der Waals surface area (Å²) in [5, 5.41) is 79.8. The summed E-state index contributed by atoms with van der Waals surface area (Å²) < 4.78 is 155. The average molecular weight is 1030 g/mol. The van der Waals surface area contributed by atoms with Gasteiger partial charge in [0, 0.05) is 21.0 Å². The van der Waals surface area contributed by atoms with Gasteiger partial charge in [-0.3, -0.25) is 23.2 Å². The molecule has 66 heavy (non-hydrogen) atoms. The molecule has 36 heteroatoms. The van der Waals surface area contributed by atoms with Crippen LogP contribution in [0.3, 0.4) is 0 Å². The summed E-state index contributed by atoms with van der Waals surface area (Å²) >= 11 is 0. The van der Waals surface area contributed by atoms with Gasteiger partial charge in [0.15, 0.2) is 31.1 Å². The number of rotatable bonds is 19. The van der Waals surface area contributed by atoms with Crippen molar-refractivity contribution in [2.24, 2.45) is 0 Å². The zero-order valence-electron chi connectivity index (χ0n) is 34.2. The van der Waals surface area contributed by atoms with Gasteiger partial charge in [-0.25, -0.2) is 22.1 Å². The Morgan fingerprint density at radius 2 is 0.955 bits per heavy atom. The topological polar surface area (TPSA) is 499 Å². The molecule has 382 valence electrons. The molecule has 4 heterocycles. The molecule has 2 amide bonds. The fraction of sp³-hybridized carbons (Fsp3) is 0.867. The number of nitrogens with one attached hydrogen (secondary N) is 2. The summed E-state index contributed by atoms with van der Waals surface area (Å²) in [6.07, 6.45) is -39.0. The predicted octanol–water partition coefficient (Wildman–Crippen LogP) is -8.07. The van der Waals surface area contributed by atoms with E-state index in [4.69, 9.17) is 42.4 Å². The highest BCUT2D eigenvalue weighted by Gasteiger charge is 2.58. The van der Waals surface area contributed by atoms with Crippen molar-refractivity contribution in [3.63, 3.8) is 0 Å². The molecular weight excluding hydrogens is 981 g/mol. The third-order valence-corrected chi connectivity index (χ3v) is 11.4. The molecule has 4 aliphatic heterocycles. The molecule has 0 aromatic carbocycles. The molecule has 0 aliphatic carbocycles. The van der Waals surface area contributed by atoms with Crippen molar-refractivity contribution in [3.8, 4) is 0 Å². The van der Waals surface area contributed by atoms with Crippen molar-refractivity contribution < 1.29 is 144 Å². The standard InChI is InChI=1S/C30H48N2O31S3/c1-7-14(35)16(37)22(24(56-7)26(40)41)60-28-12(31-8(2)33)15(36)19(10(57-28)5-54-64(44,45)46)59-30-18(39)17(38)23(25(62-30)27(42)43)61-29-13(32-9(3)34)21(63-66(50,51)52)20(53-4)11(58-29)6-55-65(47,48)49/h7,10-25,28-30,35-39H,5-6H2,1-4H3,(H,31,33)(H,32,34)(H,40,41)(H,42,43)(H,44,45,46)(H,47,48,49)(H,50,51,52)/t7-,10?,11?,12?,13?,14+,15+,16?,17+,18?,19+,20+,21+,22-,23-,24?,25?,28+,29+,30+/m0/s1. The lowest BCUT2D eigenvalue weighted by atomic mass is 9.93. The molecule has 0 aromatic rings. The van der Waals surface area contributed by atoms with Crippen molar-refractivity contribution in [1.29, 1.82) is 0 Å². The van der Waals surface area contributed by atoms with Crippen molar-refractivity contribution >= 4 is 54.9 Å². The number of methoxy groups -OCH3 is 1. The highest BCUT2D eigenvalue weighted by Crippen LogP contribution is 2.36. The average Bonchev–Trinajstić information content (AvgIpc) is 3.17. The fourth-order valence-electron chi connectivity index (χ4n) is 7.27. The highest BCUT2D eigenvalue weighted by molar-refractivity contribution is 7.81. The summed E-state index contributed by atoms with van der Waals surface area (Å²) in [7, 11) is -15.3. The van der Waals surface area contributed by atoms with E-state index >= 15 is 0 Å². The third kappa shape index (κ3) is 14.3. The van der Waals surface area contributed by atoms with Crippen LogP contribution in [0, 0.1) is 0 Å². The number of aliphatic hydroxyl groups is 5. The minimum atomic E-state index is -5.52. The number of carboxylic acids is 2. The van der Waals surface area contributed by atoms with E-state index in [-0.39, 0.29) is 0 Å². The molecule has 4 fully saturated rings.